The molecule has 0 amide bonds. The van der Waals surface area contributed by atoms with Crippen LogP contribution < -0.4 is 11.2 Å². The molecule has 0 aliphatic heterocycles. The van der Waals surface area contributed by atoms with E-state index in [1.165, 1.54) is 24.3 Å². The average molecular weight is 254 g/mol. The van der Waals surface area contributed by atoms with Crippen LogP contribution >= 0.6 is 0 Å². The van der Waals surface area contributed by atoms with Gasteiger partial charge in [-0.25, -0.2) is 9.18 Å². The van der Waals surface area contributed by atoms with Crippen molar-refractivity contribution >= 4 is 0 Å². The topological polar surface area (TPSA) is 75.1 Å². The Morgan fingerprint density at radius 3 is 2.39 bits per heavy atom. The van der Waals surface area contributed by atoms with Crippen molar-refractivity contribution in [1.82, 2.24) is 9.55 Å². The minimum Gasteiger partial charge on any atom is -0.492 e. The predicted octanol–water partition coefficient (Wildman–Crippen LogP) is 0.569. The highest BCUT2D eigenvalue weighted by molar-refractivity contribution is 5.19. The normalized spacial score (nSPS) is 10.6. The van der Waals surface area contributed by atoms with Gasteiger partial charge in [0.05, 0.1) is 6.54 Å². The largest absolute Gasteiger partial charge is 0.492 e. The number of benzene rings is 1. The van der Waals surface area contributed by atoms with E-state index in [9.17, 15) is 23.5 Å². The van der Waals surface area contributed by atoms with Crippen LogP contribution in [0.5, 0.6) is 5.88 Å². The molecule has 2 rings (SSSR count). The number of halogens is 2. The van der Waals surface area contributed by atoms with Crippen LogP contribution in [0.25, 0.3) is 0 Å². The number of aromatic amines is 1. The van der Waals surface area contributed by atoms with Crippen molar-refractivity contribution in [3.63, 3.8) is 0 Å². The molecule has 5 nitrogen and oxygen atoms in total. The fraction of sp³-hybridized carbons (Fsp3) is 0.0909. The molecule has 18 heavy (non-hydrogen) atoms. The van der Waals surface area contributed by atoms with Crippen LogP contribution in [-0.4, -0.2) is 14.7 Å². The molecule has 94 valence electrons. The number of hydrogen-bond donors (Lipinski definition) is 2. The summed E-state index contributed by atoms with van der Waals surface area (Å²) in [4.78, 5) is 24.0. The minimum absolute atomic E-state index is 0.182. The summed E-state index contributed by atoms with van der Waals surface area (Å²) in [5, 5.41) is 9.37. The van der Waals surface area contributed by atoms with Crippen LogP contribution in [0.3, 0.4) is 0 Å². The van der Waals surface area contributed by atoms with E-state index in [1.807, 2.05) is 0 Å². The molecule has 0 saturated heterocycles. The van der Waals surface area contributed by atoms with E-state index in [0.29, 0.717) is 10.1 Å². The van der Waals surface area contributed by atoms with Crippen LogP contribution in [0, 0.1) is 11.6 Å². The van der Waals surface area contributed by atoms with Crippen molar-refractivity contribution in [2.24, 2.45) is 0 Å². The van der Waals surface area contributed by atoms with Crippen LogP contribution in [-0.2, 0) is 6.54 Å². The molecular formula is C11H8F2N2O3. The molecule has 0 atom stereocenters. The summed E-state index contributed by atoms with van der Waals surface area (Å²) in [6.45, 7) is -0.182. The quantitative estimate of drug-likeness (QED) is 0.822. The van der Waals surface area contributed by atoms with Crippen LogP contribution in [0.1, 0.15) is 5.56 Å². The van der Waals surface area contributed by atoms with E-state index in [4.69, 9.17) is 0 Å². The van der Waals surface area contributed by atoms with Crippen molar-refractivity contribution in [2.45, 2.75) is 6.54 Å². The Kier molecular flexibility index (Phi) is 2.97. The third-order valence-electron chi connectivity index (χ3n) is 2.37. The summed E-state index contributed by atoms with van der Waals surface area (Å²) in [6, 6.07) is 5.09. The van der Waals surface area contributed by atoms with Crippen molar-refractivity contribution < 1.29 is 13.9 Å². The van der Waals surface area contributed by atoms with Gasteiger partial charge in [0.25, 0.3) is 5.56 Å². The number of aromatic nitrogens is 2. The highest BCUT2D eigenvalue weighted by atomic mass is 19.1. The second kappa shape index (κ2) is 4.44. The van der Waals surface area contributed by atoms with E-state index in [1.54, 1.807) is 4.98 Å². The first-order chi connectivity index (χ1) is 8.49. The van der Waals surface area contributed by atoms with Crippen molar-refractivity contribution in [2.75, 3.05) is 0 Å². The van der Waals surface area contributed by atoms with Crippen molar-refractivity contribution in [1.29, 1.82) is 0 Å². The number of nitrogens with zero attached hydrogens (tertiary/aromatic N) is 1. The van der Waals surface area contributed by atoms with E-state index >= 15 is 0 Å². The summed E-state index contributed by atoms with van der Waals surface area (Å²) in [5.41, 5.74) is -1.75. The number of hydrogen-bond acceptors (Lipinski definition) is 3. The standard InChI is InChI=1S/C11H8F2N2O3/c12-7-3-1-6(2-4-7)5-15-10(17)8(13)9(16)14-11(15)18/h1-4,17H,5H2,(H,14,16,18). The monoisotopic (exact) mass is 254 g/mol. The smallest absolute Gasteiger partial charge is 0.331 e. The van der Waals surface area contributed by atoms with Gasteiger partial charge in [-0.1, -0.05) is 12.1 Å². The lowest BCUT2D eigenvalue weighted by Crippen LogP contribution is -2.32. The molecule has 2 aromatic rings. The van der Waals surface area contributed by atoms with Gasteiger partial charge in [-0.2, -0.15) is 4.39 Å². The maximum absolute atomic E-state index is 13.1. The summed E-state index contributed by atoms with van der Waals surface area (Å²) >= 11 is 0. The third kappa shape index (κ3) is 2.15. The molecule has 2 N–H and O–H groups in total. The number of H-pyrrole nitrogens is 1. The Morgan fingerprint density at radius 1 is 1.17 bits per heavy atom. The predicted molar refractivity (Wildman–Crippen MR) is 58.4 cm³/mol. The molecule has 1 aromatic heterocycles. The molecule has 0 aliphatic rings. The first kappa shape index (κ1) is 12.0. The van der Waals surface area contributed by atoms with Crippen LogP contribution in [0.15, 0.2) is 33.9 Å². The van der Waals surface area contributed by atoms with Crippen molar-refractivity contribution in [3.05, 3.63) is 62.3 Å². The third-order valence-corrected chi connectivity index (χ3v) is 2.37. The zero-order valence-electron chi connectivity index (χ0n) is 8.98. The molecule has 0 saturated carbocycles. The van der Waals surface area contributed by atoms with Crippen molar-refractivity contribution in [3.8, 4) is 5.88 Å². The first-order valence-electron chi connectivity index (χ1n) is 4.95. The Hall–Kier alpha value is -2.44. The lowest BCUT2D eigenvalue weighted by molar-refractivity contribution is 0.367. The van der Waals surface area contributed by atoms with Gasteiger partial charge in [0, 0.05) is 0 Å². The zero-order chi connectivity index (χ0) is 13.3. The maximum atomic E-state index is 13.1. The average Bonchev–Trinajstić information content (AvgIpc) is 2.34. The zero-order valence-corrected chi connectivity index (χ0v) is 8.98. The van der Waals surface area contributed by atoms with Gasteiger partial charge in [0.2, 0.25) is 11.7 Å². The Morgan fingerprint density at radius 2 is 1.78 bits per heavy atom. The van der Waals surface area contributed by atoms with Gasteiger partial charge >= 0.3 is 5.69 Å². The summed E-state index contributed by atoms with van der Waals surface area (Å²) < 4.78 is 26.4. The van der Waals surface area contributed by atoms with E-state index in [-0.39, 0.29) is 6.54 Å². The fourth-order valence-corrected chi connectivity index (χ4v) is 1.45. The highest BCUT2D eigenvalue weighted by Gasteiger charge is 2.13. The molecule has 0 radical (unpaired) electrons. The summed E-state index contributed by atoms with van der Waals surface area (Å²) in [6.07, 6.45) is 0. The van der Waals surface area contributed by atoms with E-state index in [2.05, 4.69) is 0 Å². The van der Waals surface area contributed by atoms with E-state index < -0.39 is 28.8 Å². The molecule has 0 unspecified atom stereocenters. The maximum Gasteiger partial charge on any atom is 0.331 e. The summed E-state index contributed by atoms with van der Waals surface area (Å²) in [7, 11) is 0. The molecule has 0 spiro atoms. The number of aromatic hydroxyl groups is 1. The van der Waals surface area contributed by atoms with Crippen LogP contribution in [0.4, 0.5) is 8.78 Å². The lowest BCUT2D eigenvalue weighted by atomic mass is 10.2. The van der Waals surface area contributed by atoms with Gasteiger partial charge in [-0.3, -0.25) is 14.3 Å². The van der Waals surface area contributed by atoms with Crippen LogP contribution in [0.2, 0.25) is 0 Å². The van der Waals surface area contributed by atoms with E-state index in [0.717, 1.165) is 0 Å². The minimum atomic E-state index is -1.43. The molecule has 1 heterocycles. The molecular weight excluding hydrogens is 246 g/mol. The van der Waals surface area contributed by atoms with Gasteiger partial charge in [0.15, 0.2) is 0 Å². The lowest BCUT2D eigenvalue weighted by Gasteiger charge is -2.07. The van der Waals surface area contributed by atoms with Gasteiger partial charge in [-0.15, -0.1) is 0 Å². The number of nitrogens with one attached hydrogen (secondary N) is 1. The molecule has 1 aromatic carbocycles. The fourth-order valence-electron chi connectivity index (χ4n) is 1.45. The SMILES string of the molecule is O=c1[nH]c(=O)n(Cc2ccc(F)cc2)c(O)c1F. The molecule has 0 aliphatic carbocycles. The molecule has 0 fully saturated rings. The molecule has 7 heteroatoms. The highest BCUT2D eigenvalue weighted by Crippen LogP contribution is 2.11. The number of rotatable bonds is 2. The van der Waals surface area contributed by atoms with Gasteiger partial charge in [-0.05, 0) is 17.7 Å². The Labute approximate surface area is 99.0 Å². The Bertz CT molecular complexity index is 689. The Balaban J connectivity index is 2.47. The molecule has 0 bridgehead atoms. The first-order valence-corrected chi connectivity index (χ1v) is 4.95. The van der Waals surface area contributed by atoms with Gasteiger partial charge in [0.1, 0.15) is 5.82 Å². The van der Waals surface area contributed by atoms with Gasteiger partial charge < -0.3 is 5.11 Å². The second-order valence-corrected chi connectivity index (χ2v) is 3.61. The second-order valence-electron chi connectivity index (χ2n) is 3.61. The summed E-state index contributed by atoms with van der Waals surface area (Å²) in [5.74, 6) is -2.94.